The van der Waals surface area contributed by atoms with Gasteiger partial charge in [-0.3, -0.25) is 14.2 Å². The van der Waals surface area contributed by atoms with Crippen molar-refractivity contribution < 1.29 is 9.18 Å². The van der Waals surface area contributed by atoms with Gasteiger partial charge < -0.3 is 5.32 Å². The first-order valence-corrected chi connectivity index (χ1v) is 8.59. The van der Waals surface area contributed by atoms with E-state index in [-0.39, 0.29) is 11.7 Å². The lowest BCUT2D eigenvalue weighted by Gasteiger charge is -2.05. The number of carbonyl (C=O) groups excluding carboxylic acids is 1. The van der Waals surface area contributed by atoms with Crippen molar-refractivity contribution in [3.05, 3.63) is 63.8 Å². The van der Waals surface area contributed by atoms with E-state index >= 15 is 0 Å². The van der Waals surface area contributed by atoms with Crippen molar-refractivity contribution in [2.75, 3.05) is 5.32 Å². The van der Waals surface area contributed by atoms with Crippen LogP contribution in [0.15, 0.2) is 30.5 Å². The molecule has 1 amide bonds. The van der Waals surface area contributed by atoms with Crippen molar-refractivity contribution in [1.29, 1.82) is 0 Å². The van der Waals surface area contributed by atoms with E-state index in [0.717, 1.165) is 11.3 Å². The maximum atomic E-state index is 13.1. The molecular formula is C18H19ClFN5O. The number of amides is 1. The molecule has 136 valence electrons. The van der Waals surface area contributed by atoms with E-state index in [2.05, 4.69) is 15.5 Å². The summed E-state index contributed by atoms with van der Waals surface area (Å²) in [5, 5.41) is 11.8. The zero-order valence-electron chi connectivity index (χ0n) is 14.8. The monoisotopic (exact) mass is 375 g/mol. The molecule has 0 aliphatic carbocycles. The summed E-state index contributed by atoms with van der Waals surface area (Å²) < 4.78 is 16.5. The summed E-state index contributed by atoms with van der Waals surface area (Å²) in [6.07, 6.45) is 1.73. The third kappa shape index (κ3) is 3.62. The summed E-state index contributed by atoms with van der Waals surface area (Å²) in [7, 11) is 0. The predicted octanol–water partition coefficient (Wildman–Crippen LogP) is 3.81. The molecule has 0 unspecified atom stereocenters. The molecule has 0 spiro atoms. The average molecular weight is 376 g/mol. The van der Waals surface area contributed by atoms with Crippen molar-refractivity contribution in [2.24, 2.45) is 0 Å². The summed E-state index contributed by atoms with van der Waals surface area (Å²) in [6.45, 7) is 6.73. The highest BCUT2D eigenvalue weighted by Crippen LogP contribution is 2.19. The number of halogens is 2. The number of nitrogens with one attached hydrogen (secondary N) is 1. The molecule has 1 aromatic carbocycles. The molecule has 0 aliphatic heterocycles. The Labute approximate surface area is 155 Å². The fourth-order valence-electron chi connectivity index (χ4n) is 2.85. The van der Waals surface area contributed by atoms with Gasteiger partial charge in [-0.25, -0.2) is 4.39 Å². The quantitative estimate of drug-likeness (QED) is 0.737. The largest absolute Gasteiger partial charge is 0.305 e. The number of hydrogen-bond acceptors (Lipinski definition) is 3. The molecule has 0 radical (unpaired) electrons. The van der Waals surface area contributed by atoms with Gasteiger partial charge in [0.25, 0.3) is 5.91 Å². The predicted molar refractivity (Wildman–Crippen MR) is 98.1 cm³/mol. The fourth-order valence-corrected chi connectivity index (χ4v) is 3.08. The minimum Gasteiger partial charge on any atom is -0.305 e. The van der Waals surface area contributed by atoms with Gasteiger partial charge in [0, 0.05) is 29.5 Å². The average Bonchev–Trinajstić information content (AvgIpc) is 3.13. The number of aromatic nitrogens is 4. The van der Waals surface area contributed by atoms with Gasteiger partial charge in [-0.05, 0) is 38.5 Å². The first-order chi connectivity index (χ1) is 12.4. The number of benzene rings is 1. The Morgan fingerprint density at radius 1 is 1.27 bits per heavy atom. The normalized spacial score (nSPS) is 11.0. The molecule has 2 aromatic heterocycles. The SMILES string of the molecule is CCn1nc(C)c(C(=O)Nc2ccn(Cc3ccc(F)cc3Cl)n2)c1C. The molecule has 0 fully saturated rings. The lowest BCUT2D eigenvalue weighted by atomic mass is 10.2. The van der Waals surface area contributed by atoms with Gasteiger partial charge in [0.1, 0.15) is 5.82 Å². The summed E-state index contributed by atoms with van der Waals surface area (Å²) in [5.74, 6) is -0.202. The van der Waals surface area contributed by atoms with Crippen molar-refractivity contribution in [1.82, 2.24) is 19.6 Å². The van der Waals surface area contributed by atoms with Crippen LogP contribution < -0.4 is 5.32 Å². The third-order valence-corrected chi connectivity index (χ3v) is 4.49. The van der Waals surface area contributed by atoms with Gasteiger partial charge >= 0.3 is 0 Å². The van der Waals surface area contributed by atoms with Crippen LogP contribution in [0, 0.1) is 19.7 Å². The molecule has 3 aromatic rings. The van der Waals surface area contributed by atoms with Crippen molar-refractivity contribution >= 4 is 23.3 Å². The molecule has 0 aliphatic rings. The van der Waals surface area contributed by atoms with Crippen LogP contribution in [0.3, 0.4) is 0 Å². The maximum Gasteiger partial charge on any atom is 0.260 e. The molecule has 0 bridgehead atoms. The van der Waals surface area contributed by atoms with Crippen molar-refractivity contribution in [3.63, 3.8) is 0 Å². The van der Waals surface area contributed by atoms with E-state index in [1.54, 1.807) is 27.7 Å². The molecule has 6 nitrogen and oxygen atoms in total. The third-order valence-electron chi connectivity index (χ3n) is 4.14. The molecule has 2 heterocycles. The zero-order chi connectivity index (χ0) is 18.8. The van der Waals surface area contributed by atoms with E-state index in [9.17, 15) is 9.18 Å². The van der Waals surface area contributed by atoms with Crippen LogP contribution in [0.4, 0.5) is 10.2 Å². The van der Waals surface area contributed by atoms with E-state index < -0.39 is 0 Å². The molecule has 0 saturated carbocycles. The van der Waals surface area contributed by atoms with E-state index in [0.29, 0.717) is 35.2 Å². The Bertz CT molecular complexity index is 963. The van der Waals surface area contributed by atoms with Crippen LogP contribution in [0.5, 0.6) is 0 Å². The number of anilines is 1. The second-order valence-electron chi connectivity index (χ2n) is 5.95. The first kappa shape index (κ1) is 18.1. The second kappa shape index (κ2) is 7.29. The summed E-state index contributed by atoms with van der Waals surface area (Å²) in [4.78, 5) is 12.6. The second-order valence-corrected chi connectivity index (χ2v) is 6.36. The molecule has 26 heavy (non-hydrogen) atoms. The number of nitrogens with zero attached hydrogens (tertiary/aromatic N) is 4. The Balaban J connectivity index is 1.74. The standard InChI is InChI=1S/C18H19ClFN5O/c1-4-25-12(3)17(11(2)22-25)18(26)21-16-7-8-24(23-16)10-13-5-6-14(20)9-15(13)19/h5-9H,4,10H2,1-3H3,(H,21,23,26). The van der Waals surface area contributed by atoms with Crippen LogP contribution in [-0.2, 0) is 13.1 Å². The summed E-state index contributed by atoms with van der Waals surface area (Å²) in [5.41, 5.74) is 2.80. The highest BCUT2D eigenvalue weighted by Gasteiger charge is 2.19. The fraction of sp³-hybridized carbons (Fsp3) is 0.278. The van der Waals surface area contributed by atoms with Gasteiger partial charge in [0.2, 0.25) is 0 Å². The number of aryl methyl sites for hydroxylation is 2. The van der Waals surface area contributed by atoms with Crippen LogP contribution in [-0.4, -0.2) is 25.5 Å². The van der Waals surface area contributed by atoms with Crippen LogP contribution in [0.1, 0.15) is 34.2 Å². The van der Waals surface area contributed by atoms with Gasteiger partial charge in [-0.15, -0.1) is 0 Å². The highest BCUT2D eigenvalue weighted by atomic mass is 35.5. The summed E-state index contributed by atoms with van der Waals surface area (Å²) >= 11 is 6.04. The minimum absolute atomic E-state index is 0.246. The smallest absolute Gasteiger partial charge is 0.260 e. The number of carbonyl (C=O) groups is 1. The maximum absolute atomic E-state index is 13.1. The van der Waals surface area contributed by atoms with E-state index in [1.165, 1.54) is 12.1 Å². The molecule has 8 heteroatoms. The van der Waals surface area contributed by atoms with Crippen LogP contribution in [0.2, 0.25) is 5.02 Å². The van der Waals surface area contributed by atoms with Crippen LogP contribution >= 0.6 is 11.6 Å². The van der Waals surface area contributed by atoms with E-state index in [4.69, 9.17) is 11.6 Å². The lowest BCUT2D eigenvalue weighted by molar-refractivity contribution is 0.102. The summed E-state index contributed by atoms with van der Waals surface area (Å²) in [6, 6.07) is 5.93. The van der Waals surface area contributed by atoms with E-state index in [1.807, 2.05) is 20.8 Å². The van der Waals surface area contributed by atoms with Gasteiger partial charge in [-0.2, -0.15) is 10.2 Å². The van der Waals surface area contributed by atoms with Gasteiger partial charge in [0.15, 0.2) is 5.82 Å². The highest BCUT2D eigenvalue weighted by molar-refractivity contribution is 6.31. The molecular weight excluding hydrogens is 357 g/mol. The van der Waals surface area contributed by atoms with Gasteiger partial charge in [0.05, 0.1) is 17.8 Å². The zero-order valence-corrected chi connectivity index (χ0v) is 15.5. The Morgan fingerprint density at radius 3 is 2.69 bits per heavy atom. The lowest BCUT2D eigenvalue weighted by Crippen LogP contribution is -2.15. The van der Waals surface area contributed by atoms with Crippen molar-refractivity contribution in [3.8, 4) is 0 Å². The van der Waals surface area contributed by atoms with Gasteiger partial charge in [-0.1, -0.05) is 17.7 Å². The molecule has 0 atom stereocenters. The first-order valence-electron chi connectivity index (χ1n) is 8.21. The number of hydrogen-bond donors (Lipinski definition) is 1. The Hall–Kier alpha value is -2.67. The number of rotatable bonds is 5. The molecule has 3 rings (SSSR count). The minimum atomic E-state index is -0.384. The Kier molecular flexibility index (Phi) is 5.08. The topological polar surface area (TPSA) is 64.7 Å². The molecule has 1 N–H and O–H groups in total. The Morgan fingerprint density at radius 2 is 2.04 bits per heavy atom. The van der Waals surface area contributed by atoms with Crippen molar-refractivity contribution in [2.45, 2.75) is 33.9 Å². The molecule has 0 saturated heterocycles. The van der Waals surface area contributed by atoms with Crippen LogP contribution in [0.25, 0.3) is 0 Å².